The van der Waals surface area contributed by atoms with Crippen molar-refractivity contribution in [3.8, 4) is 11.5 Å². The zero-order chi connectivity index (χ0) is 20.1. The van der Waals surface area contributed by atoms with Gasteiger partial charge in [-0.05, 0) is 32.2 Å². The van der Waals surface area contributed by atoms with E-state index in [0.29, 0.717) is 18.0 Å². The van der Waals surface area contributed by atoms with Crippen molar-refractivity contribution in [2.45, 2.75) is 19.5 Å². The quantitative estimate of drug-likeness (QED) is 0.643. The van der Waals surface area contributed by atoms with E-state index in [1.165, 1.54) is 0 Å². The summed E-state index contributed by atoms with van der Waals surface area (Å²) in [5, 5.41) is 4.02. The number of furan rings is 1. The van der Waals surface area contributed by atoms with Crippen LogP contribution < -0.4 is 14.8 Å². The van der Waals surface area contributed by atoms with Crippen molar-refractivity contribution in [2.24, 2.45) is 0 Å². The fraction of sp³-hybridized carbons (Fsp3) is 0.318. The van der Waals surface area contributed by atoms with Gasteiger partial charge in [0.25, 0.3) is 0 Å². The van der Waals surface area contributed by atoms with Crippen LogP contribution in [0.5, 0.6) is 11.5 Å². The maximum atomic E-state index is 12.5. The predicted octanol–water partition coefficient (Wildman–Crippen LogP) is 3.76. The molecule has 3 aromatic rings. The highest BCUT2D eigenvalue weighted by atomic mass is 16.5. The number of para-hydroxylation sites is 2. The molecule has 0 saturated heterocycles. The zero-order valence-corrected chi connectivity index (χ0v) is 16.7. The van der Waals surface area contributed by atoms with E-state index in [0.717, 1.165) is 22.3 Å². The van der Waals surface area contributed by atoms with Crippen LogP contribution in [-0.2, 0) is 11.3 Å². The molecule has 0 bridgehead atoms. The summed E-state index contributed by atoms with van der Waals surface area (Å²) in [7, 11) is 5.12. The molecule has 0 aliphatic heterocycles. The van der Waals surface area contributed by atoms with Crippen molar-refractivity contribution in [3.05, 3.63) is 59.9 Å². The standard InChI is InChI=1S/C22H26N2O4/c1-15(20-12-16-8-5-6-10-18(16)28-20)23-21(25)14-24(2)13-17-9-7-11-19(26-3)22(17)27-4/h5-12,15H,13-14H2,1-4H3,(H,23,25). The second-order valence-corrected chi connectivity index (χ2v) is 6.80. The van der Waals surface area contributed by atoms with Gasteiger partial charge < -0.3 is 19.2 Å². The van der Waals surface area contributed by atoms with Crippen LogP contribution in [0, 0.1) is 0 Å². The van der Waals surface area contributed by atoms with Gasteiger partial charge in [0.1, 0.15) is 11.3 Å². The van der Waals surface area contributed by atoms with Crippen LogP contribution in [0.4, 0.5) is 0 Å². The van der Waals surface area contributed by atoms with Gasteiger partial charge in [-0.25, -0.2) is 0 Å². The van der Waals surface area contributed by atoms with Crippen LogP contribution in [0.15, 0.2) is 52.9 Å². The Labute approximate surface area is 165 Å². The Hall–Kier alpha value is -2.99. The highest BCUT2D eigenvalue weighted by Gasteiger charge is 2.17. The van der Waals surface area contributed by atoms with Gasteiger partial charge in [-0.15, -0.1) is 0 Å². The lowest BCUT2D eigenvalue weighted by Gasteiger charge is -2.20. The molecule has 148 valence electrons. The minimum atomic E-state index is -0.209. The van der Waals surface area contributed by atoms with Crippen LogP contribution in [0.1, 0.15) is 24.3 Å². The SMILES string of the molecule is COc1cccc(CN(C)CC(=O)NC(C)c2cc3ccccc3o2)c1OC. The number of hydrogen-bond donors (Lipinski definition) is 1. The molecule has 1 aromatic heterocycles. The summed E-state index contributed by atoms with van der Waals surface area (Å²) in [5.74, 6) is 2.04. The van der Waals surface area contributed by atoms with E-state index >= 15 is 0 Å². The second kappa shape index (κ2) is 8.80. The van der Waals surface area contributed by atoms with E-state index in [2.05, 4.69) is 5.32 Å². The predicted molar refractivity (Wildman–Crippen MR) is 109 cm³/mol. The number of nitrogens with one attached hydrogen (secondary N) is 1. The van der Waals surface area contributed by atoms with E-state index in [4.69, 9.17) is 13.9 Å². The van der Waals surface area contributed by atoms with Gasteiger partial charge in [-0.2, -0.15) is 0 Å². The normalized spacial score (nSPS) is 12.2. The minimum Gasteiger partial charge on any atom is -0.493 e. The van der Waals surface area contributed by atoms with Crippen LogP contribution in [0.25, 0.3) is 11.0 Å². The lowest BCUT2D eigenvalue weighted by molar-refractivity contribution is -0.122. The first-order valence-corrected chi connectivity index (χ1v) is 9.18. The minimum absolute atomic E-state index is 0.0719. The van der Waals surface area contributed by atoms with E-state index < -0.39 is 0 Å². The number of carbonyl (C=O) groups is 1. The zero-order valence-electron chi connectivity index (χ0n) is 16.7. The van der Waals surface area contributed by atoms with Gasteiger partial charge in [0, 0.05) is 17.5 Å². The van der Waals surface area contributed by atoms with Crippen LogP contribution in [0.2, 0.25) is 0 Å². The smallest absolute Gasteiger partial charge is 0.234 e. The Kier molecular flexibility index (Phi) is 6.21. The number of hydrogen-bond acceptors (Lipinski definition) is 5. The number of carbonyl (C=O) groups excluding carboxylic acids is 1. The summed E-state index contributed by atoms with van der Waals surface area (Å²) in [5.41, 5.74) is 1.78. The third-order valence-electron chi connectivity index (χ3n) is 4.59. The van der Waals surface area contributed by atoms with Crippen molar-refractivity contribution in [2.75, 3.05) is 27.8 Å². The molecule has 3 rings (SSSR count). The summed E-state index contributed by atoms with van der Waals surface area (Å²) in [4.78, 5) is 14.4. The van der Waals surface area contributed by atoms with Gasteiger partial charge in [0.05, 0.1) is 26.8 Å². The summed E-state index contributed by atoms with van der Waals surface area (Å²) in [6.07, 6.45) is 0. The van der Waals surface area contributed by atoms with Crippen LogP contribution in [-0.4, -0.2) is 38.6 Å². The average Bonchev–Trinajstić information content (AvgIpc) is 3.12. The Morgan fingerprint density at radius 3 is 2.64 bits per heavy atom. The van der Waals surface area contributed by atoms with Gasteiger partial charge >= 0.3 is 0 Å². The van der Waals surface area contributed by atoms with Crippen molar-refractivity contribution < 1.29 is 18.7 Å². The Bertz CT molecular complexity index is 918. The summed E-state index contributed by atoms with van der Waals surface area (Å²) >= 11 is 0. The molecular formula is C22H26N2O4. The molecular weight excluding hydrogens is 356 g/mol. The number of amides is 1. The topological polar surface area (TPSA) is 63.9 Å². The lowest BCUT2D eigenvalue weighted by Crippen LogP contribution is -2.36. The molecule has 0 radical (unpaired) electrons. The molecule has 28 heavy (non-hydrogen) atoms. The summed E-state index contributed by atoms with van der Waals surface area (Å²) < 4.78 is 16.6. The van der Waals surface area contributed by atoms with Gasteiger partial charge in [-0.3, -0.25) is 9.69 Å². The van der Waals surface area contributed by atoms with E-state index in [1.807, 2.05) is 67.4 Å². The number of benzene rings is 2. The first-order chi connectivity index (χ1) is 13.5. The van der Waals surface area contributed by atoms with Crippen LogP contribution >= 0.6 is 0 Å². The molecule has 0 aliphatic carbocycles. The van der Waals surface area contributed by atoms with Crippen LogP contribution in [0.3, 0.4) is 0 Å². The number of rotatable bonds is 8. The van der Waals surface area contributed by atoms with Gasteiger partial charge in [-0.1, -0.05) is 30.3 Å². The molecule has 0 aliphatic rings. The van der Waals surface area contributed by atoms with E-state index in [1.54, 1.807) is 14.2 Å². The van der Waals surface area contributed by atoms with Crippen molar-refractivity contribution in [1.29, 1.82) is 0 Å². The summed E-state index contributed by atoms with van der Waals surface area (Å²) in [6, 6.07) is 15.3. The number of methoxy groups -OCH3 is 2. The fourth-order valence-electron chi connectivity index (χ4n) is 3.24. The third kappa shape index (κ3) is 4.46. The number of fused-ring (bicyclic) bond motifs is 1. The molecule has 1 N–H and O–H groups in total. The first kappa shape index (κ1) is 19.8. The molecule has 6 heteroatoms. The molecule has 1 unspecified atom stereocenters. The third-order valence-corrected chi connectivity index (χ3v) is 4.59. The molecule has 0 spiro atoms. The maximum absolute atomic E-state index is 12.5. The number of ether oxygens (including phenoxy) is 2. The highest BCUT2D eigenvalue weighted by molar-refractivity contribution is 5.80. The average molecular weight is 382 g/mol. The largest absolute Gasteiger partial charge is 0.493 e. The molecule has 1 heterocycles. The molecule has 0 saturated carbocycles. The molecule has 1 amide bonds. The van der Waals surface area contributed by atoms with Gasteiger partial charge in [0.15, 0.2) is 11.5 Å². The molecule has 6 nitrogen and oxygen atoms in total. The fourth-order valence-corrected chi connectivity index (χ4v) is 3.24. The lowest BCUT2D eigenvalue weighted by atomic mass is 10.1. The molecule has 1 atom stereocenters. The summed E-state index contributed by atoms with van der Waals surface area (Å²) in [6.45, 7) is 2.73. The monoisotopic (exact) mass is 382 g/mol. The molecule has 2 aromatic carbocycles. The van der Waals surface area contributed by atoms with E-state index in [9.17, 15) is 4.79 Å². The highest BCUT2D eigenvalue weighted by Crippen LogP contribution is 2.31. The molecule has 0 fully saturated rings. The first-order valence-electron chi connectivity index (χ1n) is 9.18. The number of nitrogens with zero attached hydrogens (tertiary/aromatic N) is 1. The second-order valence-electron chi connectivity index (χ2n) is 6.80. The van der Waals surface area contributed by atoms with Gasteiger partial charge in [0.2, 0.25) is 5.91 Å². The Morgan fingerprint density at radius 1 is 1.14 bits per heavy atom. The Morgan fingerprint density at radius 2 is 1.93 bits per heavy atom. The number of likely N-dealkylation sites (N-methyl/N-ethyl adjacent to an activating group) is 1. The Balaban J connectivity index is 1.60. The van der Waals surface area contributed by atoms with Crippen molar-refractivity contribution >= 4 is 16.9 Å². The van der Waals surface area contributed by atoms with E-state index in [-0.39, 0.29) is 18.5 Å². The maximum Gasteiger partial charge on any atom is 0.234 e. The van der Waals surface area contributed by atoms with Crippen molar-refractivity contribution in [3.63, 3.8) is 0 Å². The van der Waals surface area contributed by atoms with Crippen molar-refractivity contribution in [1.82, 2.24) is 10.2 Å².